The van der Waals surface area contributed by atoms with Crippen molar-refractivity contribution in [2.75, 3.05) is 18.2 Å². The first kappa shape index (κ1) is 22.4. The number of rotatable bonds is 4. The van der Waals surface area contributed by atoms with E-state index < -0.39 is 0 Å². The third-order valence-corrected chi connectivity index (χ3v) is 6.64. The number of aryl methyl sites for hydroxylation is 2. The largest absolute Gasteiger partial charge is 0.497 e. The molecule has 0 radical (unpaired) electrons. The van der Waals surface area contributed by atoms with E-state index in [1.807, 2.05) is 38.1 Å². The topological polar surface area (TPSA) is 90.1 Å². The second kappa shape index (κ2) is 10.1. The van der Waals surface area contributed by atoms with E-state index in [4.69, 9.17) is 33.7 Å². The average molecular weight is 459 g/mol. The van der Waals surface area contributed by atoms with E-state index in [-0.39, 0.29) is 11.8 Å². The minimum atomic E-state index is -0.278. The van der Waals surface area contributed by atoms with Gasteiger partial charge in [0.05, 0.1) is 34.5 Å². The summed E-state index contributed by atoms with van der Waals surface area (Å²) < 4.78 is 13.1. The van der Waals surface area contributed by atoms with Gasteiger partial charge in [-0.1, -0.05) is 35.3 Å². The molecule has 3 N–H and O–H groups in total. The lowest BCUT2D eigenvalue weighted by Gasteiger charge is -2.12. The number of aromatic nitrogens is 2. The number of benzene rings is 1. The fourth-order valence-electron chi connectivity index (χ4n) is 2.08. The van der Waals surface area contributed by atoms with Crippen molar-refractivity contribution in [2.24, 2.45) is 0 Å². The molecule has 0 aliphatic carbocycles. The van der Waals surface area contributed by atoms with Crippen molar-refractivity contribution >= 4 is 62.2 Å². The maximum absolute atomic E-state index is 12.2. The fraction of sp³-hybridized carbons (Fsp3) is 0.278. The zero-order valence-electron chi connectivity index (χ0n) is 15.7. The number of anilines is 2. The lowest BCUT2D eigenvalue weighted by molar-refractivity contribution is -0.117. The molecule has 6 nitrogen and oxygen atoms in total. The SMILES string of the molecule is COc1ccc(C(C)C(=O)Nc2snc(C)c2Cl)cc1.Cc1nsc(N)c1Cl. The number of nitrogens with one attached hydrogen (secondary N) is 1. The molecule has 1 aromatic carbocycles. The summed E-state index contributed by atoms with van der Waals surface area (Å²) in [5, 5.41) is 5.10. The van der Waals surface area contributed by atoms with E-state index in [9.17, 15) is 4.79 Å². The van der Waals surface area contributed by atoms with Gasteiger partial charge < -0.3 is 15.8 Å². The van der Waals surface area contributed by atoms with Crippen LogP contribution in [0.15, 0.2) is 24.3 Å². The number of amides is 1. The number of hydrogen-bond donors (Lipinski definition) is 2. The van der Waals surface area contributed by atoms with E-state index in [1.165, 1.54) is 23.1 Å². The Morgan fingerprint density at radius 1 is 1.11 bits per heavy atom. The van der Waals surface area contributed by atoms with E-state index in [0.717, 1.165) is 22.7 Å². The molecule has 150 valence electrons. The molecule has 0 aliphatic heterocycles. The van der Waals surface area contributed by atoms with E-state index in [1.54, 1.807) is 14.0 Å². The first-order valence-electron chi connectivity index (χ1n) is 8.18. The van der Waals surface area contributed by atoms with Gasteiger partial charge in [0.1, 0.15) is 15.8 Å². The number of ether oxygens (including phenoxy) is 1. The minimum absolute atomic E-state index is 0.110. The van der Waals surface area contributed by atoms with Crippen LogP contribution in [0.2, 0.25) is 10.0 Å². The minimum Gasteiger partial charge on any atom is -0.497 e. The Morgan fingerprint density at radius 3 is 2.07 bits per heavy atom. The number of halogens is 2. The Labute approximate surface area is 182 Å². The smallest absolute Gasteiger partial charge is 0.232 e. The van der Waals surface area contributed by atoms with Crippen LogP contribution >= 0.6 is 46.3 Å². The molecule has 0 bridgehead atoms. The third-order valence-electron chi connectivity index (χ3n) is 3.85. The summed E-state index contributed by atoms with van der Waals surface area (Å²) >= 11 is 14.1. The predicted octanol–water partition coefficient (Wildman–Crippen LogP) is 5.54. The van der Waals surface area contributed by atoms with E-state index >= 15 is 0 Å². The fourth-order valence-corrected chi connectivity index (χ4v) is 3.76. The van der Waals surface area contributed by atoms with Crippen molar-refractivity contribution in [3.8, 4) is 5.75 Å². The van der Waals surface area contributed by atoms with Gasteiger partial charge in [0.2, 0.25) is 5.91 Å². The number of hydrogen-bond acceptors (Lipinski definition) is 7. The van der Waals surface area contributed by atoms with Crippen molar-refractivity contribution in [1.82, 2.24) is 8.75 Å². The van der Waals surface area contributed by atoms with Crippen molar-refractivity contribution in [3.05, 3.63) is 51.3 Å². The molecule has 0 aliphatic rings. The highest BCUT2D eigenvalue weighted by atomic mass is 35.5. The first-order chi connectivity index (χ1) is 13.2. The maximum atomic E-state index is 12.2. The predicted molar refractivity (Wildman–Crippen MR) is 118 cm³/mol. The summed E-state index contributed by atoms with van der Waals surface area (Å²) in [6.45, 7) is 5.48. The van der Waals surface area contributed by atoms with Crippen molar-refractivity contribution in [1.29, 1.82) is 0 Å². The van der Waals surface area contributed by atoms with E-state index in [2.05, 4.69) is 14.1 Å². The molecule has 1 amide bonds. The van der Waals surface area contributed by atoms with Crippen molar-refractivity contribution in [2.45, 2.75) is 26.7 Å². The molecule has 0 saturated heterocycles. The monoisotopic (exact) mass is 458 g/mol. The van der Waals surface area contributed by atoms with Gasteiger partial charge in [-0.15, -0.1) is 0 Å². The molecule has 2 aromatic heterocycles. The maximum Gasteiger partial charge on any atom is 0.232 e. The molecule has 0 fully saturated rings. The molecular weight excluding hydrogens is 439 g/mol. The van der Waals surface area contributed by atoms with Gasteiger partial charge in [-0.2, -0.15) is 8.75 Å². The third kappa shape index (κ3) is 5.57. The Hall–Kier alpha value is -1.87. The highest BCUT2D eigenvalue weighted by molar-refractivity contribution is 7.11. The van der Waals surface area contributed by atoms with Crippen molar-refractivity contribution < 1.29 is 9.53 Å². The zero-order valence-corrected chi connectivity index (χ0v) is 18.9. The number of methoxy groups -OCH3 is 1. The van der Waals surface area contributed by atoms with Crippen LogP contribution in [0.3, 0.4) is 0 Å². The lowest BCUT2D eigenvalue weighted by Crippen LogP contribution is -2.18. The van der Waals surface area contributed by atoms with Crippen LogP contribution in [0, 0.1) is 13.8 Å². The standard InChI is InChI=1S/C14H15ClN2O2S.C4H5ClN2S/c1-8(10-4-6-11(19-3)7-5-10)13(18)16-14-12(15)9(2)17-20-14;1-2-3(5)4(6)8-7-2/h4-8H,1-3H3,(H,16,18);6H2,1H3. The number of carbonyl (C=O) groups excluding carboxylic acids is 1. The highest BCUT2D eigenvalue weighted by Gasteiger charge is 2.18. The van der Waals surface area contributed by atoms with Crippen LogP contribution in [0.5, 0.6) is 5.75 Å². The van der Waals surface area contributed by atoms with Gasteiger partial charge in [0, 0.05) is 0 Å². The van der Waals surface area contributed by atoms with Crippen molar-refractivity contribution in [3.63, 3.8) is 0 Å². The summed E-state index contributed by atoms with van der Waals surface area (Å²) in [4.78, 5) is 12.2. The summed E-state index contributed by atoms with van der Waals surface area (Å²) in [6.07, 6.45) is 0. The Balaban J connectivity index is 0.000000292. The van der Waals surface area contributed by atoms with Gasteiger partial charge in [-0.3, -0.25) is 4.79 Å². The number of nitrogens with two attached hydrogens (primary N) is 1. The lowest BCUT2D eigenvalue weighted by atomic mass is 10.0. The van der Waals surface area contributed by atoms with Gasteiger partial charge in [0.15, 0.2) is 0 Å². The number of carbonyl (C=O) groups is 1. The first-order valence-corrected chi connectivity index (χ1v) is 10.5. The van der Waals surface area contributed by atoms with Crippen LogP contribution in [0.1, 0.15) is 29.8 Å². The molecule has 3 aromatic rings. The average Bonchev–Trinajstić information content (AvgIpc) is 3.18. The Kier molecular flexibility index (Phi) is 8.06. The second-order valence-corrected chi connectivity index (χ2v) is 8.18. The molecule has 1 atom stereocenters. The molecule has 28 heavy (non-hydrogen) atoms. The van der Waals surface area contributed by atoms with Crippen LogP contribution in [-0.2, 0) is 4.79 Å². The van der Waals surface area contributed by atoms with Gasteiger partial charge >= 0.3 is 0 Å². The number of nitrogens with zero attached hydrogens (tertiary/aromatic N) is 2. The van der Waals surface area contributed by atoms with Crippen LogP contribution in [0.4, 0.5) is 10.0 Å². The molecule has 0 spiro atoms. The number of nitrogen functional groups attached to an aromatic ring is 1. The second-order valence-electron chi connectivity index (χ2n) is 5.84. The highest BCUT2D eigenvalue weighted by Crippen LogP contribution is 2.31. The molecule has 1 unspecified atom stereocenters. The molecule has 10 heteroatoms. The van der Waals surface area contributed by atoms with Gasteiger partial charge in [-0.25, -0.2) is 0 Å². The molecule has 0 saturated carbocycles. The summed E-state index contributed by atoms with van der Waals surface area (Å²) in [5.41, 5.74) is 7.82. The van der Waals surface area contributed by atoms with Crippen LogP contribution < -0.4 is 15.8 Å². The quantitative estimate of drug-likeness (QED) is 0.535. The summed E-state index contributed by atoms with van der Waals surface area (Å²) in [5.74, 6) is 0.377. The molecule has 2 heterocycles. The van der Waals surface area contributed by atoms with Gasteiger partial charge in [0.25, 0.3) is 0 Å². The molecular formula is C18H20Cl2N4O2S2. The summed E-state index contributed by atoms with van der Waals surface area (Å²) in [6, 6.07) is 7.43. The zero-order chi connectivity index (χ0) is 20.8. The Bertz CT molecular complexity index is 922. The normalized spacial score (nSPS) is 11.4. The Morgan fingerprint density at radius 2 is 1.68 bits per heavy atom. The van der Waals surface area contributed by atoms with Crippen LogP contribution in [-0.4, -0.2) is 21.8 Å². The van der Waals surface area contributed by atoms with E-state index in [0.29, 0.717) is 20.0 Å². The molecule has 3 rings (SSSR count). The summed E-state index contributed by atoms with van der Waals surface area (Å²) in [7, 11) is 1.61. The van der Waals surface area contributed by atoms with Crippen LogP contribution in [0.25, 0.3) is 0 Å². The van der Waals surface area contributed by atoms with Gasteiger partial charge in [-0.05, 0) is 61.5 Å².